The maximum Gasteiger partial charge on any atom is 0.188 e. The predicted octanol–water partition coefficient (Wildman–Crippen LogP) is 3.99. The molecular weight excluding hydrogens is 423 g/mol. The standard InChI is InChI=1S/C20H34N4.HI/c1-16(2)10-11-22-20(21)23-13-18-8-4-5-9-19(18)15-24-12-6-7-17(3)14-24;/h4-5,8-9,16-17H,6-7,10-15H2,1-3H3,(H3,21,22,23);1H. The Morgan fingerprint density at radius 3 is 2.72 bits per heavy atom. The summed E-state index contributed by atoms with van der Waals surface area (Å²) in [4.78, 5) is 7.10. The van der Waals surface area contributed by atoms with Crippen LogP contribution in [0.15, 0.2) is 29.3 Å². The van der Waals surface area contributed by atoms with Crippen LogP contribution in [0.25, 0.3) is 0 Å². The van der Waals surface area contributed by atoms with Gasteiger partial charge in [0.25, 0.3) is 0 Å². The molecule has 4 nitrogen and oxygen atoms in total. The molecule has 142 valence electrons. The number of aliphatic imine (C=N–C) groups is 1. The van der Waals surface area contributed by atoms with E-state index in [-0.39, 0.29) is 24.0 Å². The van der Waals surface area contributed by atoms with Gasteiger partial charge in [-0.1, -0.05) is 45.0 Å². The summed E-state index contributed by atoms with van der Waals surface area (Å²) in [6.07, 6.45) is 3.79. The fourth-order valence-electron chi connectivity index (χ4n) is 3.25. The predicted molar refractivity (Wildman–Crippen MR) is 118 cm³/mol. The quantitative estimate of drug-likeness (QED) is 0.369. The molecule has 1 atom stereocenters. The van der Waals surface area contributed by atoms with Crippen LogP contribution in [0.1, 0.15) is 51.2 Å². The molecule has 1 heterocycles. The Balaban J connectivity index is 0.00000312. The lowest BCUT2D eigenvalue weighted by Crippen LogP contribution is -2.34. The molecule has 25 heavy (non-hydrogen) atoms. The van der Waals surface area contributed by atoms with Gasteiger partial charge in [0, 0.05) is 19.6 Å². The first kappa shape index (κ1) is 22.2. The van der Waals surface area contributed by atoms with E-state index >= 15 is 0 Å². The summed E-state index contributed by atoms with van der Waals surface area (Å²) in [6.45, 7) is 11.8. The molecule has 0 amide bonds. The van der Waals surface area contributed by atoms with E-state index in [0.717, 1.165) is 25.4 Å². The third-order valence-corrected chi connectivity index (χ3v) is 4.70. The van der Waals surface area contributed by atoms with E-state index in [1.807, 2.05) is 0 Å². The summed E-state index contributed by atoms with van der Waals surface area (Å²) in [7, 11) is 0. The largest absolute Gasteiger partial charge is 0.370 e. The molecule has 2 rings (SSSR count). The molecule has 0 radical (unpaired) electrons. The van der Waals surface area contributed by atoms with Gasteiger partial charge in [-0.2, -0.15) is 0 Å². The van der Waals surface area contributed by atoms with Crippen molar-refractivity contribution in [3.05, 3.63) is 35.4 Å². The van der Waals surface area contributed by atoms with Crippen molar-refractivity contribution in [3.63, 3.8) is 0 Å². The molecule has 1 unspecified atom stereocenters. The van der Waals surface area contributed by atoms with Crippen molar-refractivity contribution in [1.29, 1.82) is 0 Å². The van der Waals surface area contributed by atoms with Crippen LogP contribution in [0.2, 0.25) is 0 Å². The van der Waals surface area contributed by atoms with Crippen LogP contribution in [0.4, 0.5) is 0 Å². The first-order chi connectivity index (χ1) is 11.5. The van der Waals surface area contributed by atoms with E-state index in [4.69, 9.17) is 5.73 Å². The topological polar surface area (TPSA) is 53.6 Å². The summed E-state index contributed by atoms with van der Waals surface area (Å²) >= 11 is 0. The Hall–Kier alpha value is -0.820. The minimum atomic E-state index is 0. The highest BCUT2D eigenvalue weighted by Gasteiger charge is 2.17. The van der Waals surface area contributed by atoms with Gasteiger partial charge in [0.1, 0.15) is 0 Å². The lowest BCUT2D eigenvalue weighted by atomic mass is 9.99. The molecule has 0 aromatic heterocycles. The van der Waals surface area contributed by atoms with E-state index in [1.165, 1.54) is 37.1 Å². The zero-order valence-corrected chi connectivity index (χ0v) is 18.3. The van der Waals surface area contributed by atoms with Crippen LogP contribution in [-0.4, -0.2) is 30.5 Å². The Kier molecular flexibility index (Phi) is 10.4. The van der Waals surface area contributed by atoms with Gasteiger partial charge in [0.05, 0.1) is 6.54 Å². The number of guanidine groups is 1. The average molecular weight is 458 g/mol. The lowest BCUT2D eigenvalue weighted by Gasteiger charge is -2.31. The monoisotopic (exact) mass is 458 g/mol. The molecule has 1 aromatic rings. The number of hydrogen-bond acceptors (Lipinski definition) is 2. The molecule has 0 saturated carbocycles. The van der Waals surface area contributed by atoms with Gasteiger partial charge in [-0.05, 0) is 48.8 Å². The van der Waals surface area contributed by atoms with E-state index in [9.17, 15) is 0 Å². The second-order valence-corrected chi connectivity index (χ2v) is 7.56. The maximum atomic E-state index is 5.99. The molecule has 0 bridgehead atoms. The number of benzene rings is 1. The van der Waals surface area contributed by atoms with Gasteiger partial charge in [-0.15, -0.1) is 24.0 Å². The Morgan fingerprint density at radius 2 is 2.04 bits per heavy atom. The zero-order valence-electron chi connectivity index (χ0n) is 16.0. The fraction of sp³-hybridized carbons (Fsp3) is 0.650. The van der Waals surface area contributed by atoms with Crippen LogP contribution in [0, 0.1) is 11.8 Å². The van der Waals surface area contributed by atoms with E-state index < -0.39 is 0 Å². The lowest BCUT2D eigenvalue weighted by molar-refractivity contribution is 0.176. The summed E-state index contributed by atoms with van der Waals surface area (Å²) in [5.74, 6) is 2.04. The fourth-order valence-corrected chi connectivity index (χ4v) is 3.25. The average Bonchev–Trinajstić information content (AvgIpc) is 2.54. The van der Waals surface area contributed by atoms with Crippen molar-refractivity contribution in [3.8, 4) is 0 Å². The van der Waals surface area contributed by atoms with Crippen LogP contribution >= 0.6 is 24.0 Å². The number of nitrogens with one attached hydrogen (secondary N) is 1. The molecule has 5 heteroatoms. The third kappa shape index (κ3) is 8.40. The van der Waals surface area contributed by atoms with E-state index in [2.05, 4.69) is 60.2 Å². The maximum absolute atomic E-state index is 5.99. The minimum absolute atomic E-state index is 0. The third-order valence-electron chi connectivity index (χ3n) is 4.70. The number of nitrogens with zero attached hydrogens (tertiary/aromatic N) is 2. The number of likely N-dealkylation sites (tertiary alicyclic amines) is 1. The zero-order chi connectivity index (χ0) is 17.4. The Labute approximate surface area is 170 Å². The summed E-state index contributed by atoms with van der Waals surface area (Å²) in [6, 6.07) is 8.62. The Bertz CT molecular complexity index is 530. The van der Waals surface area contributed by atoms with E-state index in [1.54, 1.807) is 0 Å². The molecule has 1 aliphatic rings. The highest BCUT2D eigenvalue weighted by Crippen LogP contribution is 2.19. The van der Waals surface area contributed by atoms with Crippen molar-refractivity contribution in [1.82, 2.24) is 10.2 Å². The molecule has 3 N–H and O–H groups in total. The number of halogens is 1. The number of piperidine rings is 1. The van der Waals surface area contributed by atoms with Crippen molar-refractivity contribution in [2.75, 3.05) is 19.6 Å². The van der Waals surface area contributed by atoms with Crippen molar-refractivity contribution in [2.24, 2.45) is 22.6 Å². The molecule has 1 saturated heterocycles. The summed E-state index contributed by atoms with van der Waals surface area (Å²) in [5.41, 5.74) is 8.65. The molecule has 1 aliphatic heterocycles. The first-order valence-electron chi connectivity index (χ1n) is 9.37. The molecule has 1 aromatic carbocycles. The molecular formula is C20H35IN4. The smallest absolute Gasteiger partial charge is 0.188 e. The van der Waals surface area contributed by atoms with Gasteiger partial charge < -0.3 is 11.1 Å². The van der Waals surface area contributed by atoms with Crippen LogP contribution in [0.3, 0.4) is 0 Å². The number of nitrogens with two attached hydrogens (primary N) is 1. The first-order valence-corrected chi connectivity index (χ1v) is 9.37. The van der Waals surface area contributed by atoms with Crippen LogP contribution < -0.4 is 11.1 Å². The van der Waals surface area contributed by atoms with Crippen molar-refractivity contribution in [2.45, 2.75) is 53.1 Å². The minimum Gasteiger partial charge on any atom is -0.370 e. The van der Waals surface area contributed by atoms with Gasteiger partial charge in [-0.3, -0.25) is 4.90 Å². The molecule has 0 aliphatic carbocycles. The summed E-state index contributed by atoms with van der Waals surface area (Å²) in [5, 5.41) is 3.21. The van der Waals surface area contributed by atoms with E-state index in [0.29, 0.717) is 18.4 Å². The van der Waals surface area contributed by atoms with Crippen LogP contribution in [0.5, 0.6) is 0 Å². The normalized spacial score (nSPS) is 18.9. The second-order valence-electron chi connectivity index (χ2n) is 7.56. The second kappa shape index (κ2) is 11.7. The van der Waals surface area contributed by atoms with Crippen LogP contribution in [-0.2, 0) is 13.1 Å². The SMILES string of the molecule is CC(C)CCNC(N)=NCc1ccccc1CN1CCCC(C)C1.I. The Morgan fingerprint density at radius 1 is 1.32 bits per heavy atom. The van der Waals surface area contributed by atoms with Crippen molar-refractivity contribution < 1.29 is 0 Å². The van der Waals surface area contributed by atoms with Gasteiger partial charge >= 0.3 is 0 Å². The van der Waals surface area contributed by atoms with Gasteiger partial charge in [-0.25, -0.2) is 4.99 Å². The molecule has 1 fully saturated rings. The number of hydrogen-bond donors (Lipinski definition) is 2. The number of rotatable bonds is 7. The highest BCUT2D eigenvalue weighted by atomic mass is 127. The van der Waals surface area contributed by atoms with Gasteiger partial charge in [0.2, 0.25) is 0 Å². The van der Waals surface area contributed by atoms with Gasteiger partial charge in [0.15, 0.2) is 5.96 Å². The molecule has 0 spiro atoms. The summed E-state index contributed by atoms with van der Waals surface area (Å²) < 4.78 is 0. The van der Waals surface area contributed by atoms with Crippen molar-refractivity contribution >= 4 is 29.9 Å². The highest BCUT2D eigenvalue weighted by molar-refractivity contribution is 14.0.